The standard InChI is InChI=1S/C15H27NO3/c1-3-11-15(2,14(18)19)16-13(17)10-6-9-12-7-4-5-8-12/h12H,3-11H2,1-2H3,(H,16,17)(H,18,19). The molecular weight excluding hydrogens is 242 g/mol. The van der Waals surface area contributed by atoms with Gasteiger partial charge in [-0.15, -0.1) is 0 Å². The number of carbonyl (C=O) groups is 2. The molecule has 1 atom stereocenters. The SMILES string of the molecule is CCCC(C)(NC(=O)CCCC1CCCC1)C(=O)O. The Hall–Kier alpha value is -1.06. The first-order valence-electron chi connectivity index (χ1n) is 7.52. The summed E-state index contributed by atoms with van der Waals surface area (Å²) in [6.07, 6.45) is 8.87. The number of rotatable bonds is 8. The van der Waals surface area contributed by atoms with Crippen LogP contribution in [0.15, 0.2) is 0 Å². The Morgan fingerprint density at radius 2 is 1.95 bits per heavy atom. The molecule has 1 rings (SSSR count). The fourth-order valence-corrected chi connectivity index (χ4v) is 2.94. The van der Waals surface area contributed by atoms with Crippen molar-refractivity contribution in [3.63, 3.8) is 0 Å². The lowest BCUT2D eigenvalue weighted by Gasteiger charge is -2.25. The number of carboxylic acids is 1. The van der Waals surface area contributed by atoms with Gasteiger partial charge in [0.2, 0.25) is 5.91 Å². The summed E-state index contributed by atoms with van der Waals surface area (Å²) < 4.78 is 0. The molecule has 4 heteroatoms. The molecule has 0 aromatic carbocycles. The molecule has 0 radical (unpaired) electrons. The fraction of sp³-hybridized carbons (Fsp3) is 0.867. The van der Waals surface area contributed by atoms with Gasteiger partial charge in [-0.1, -0.05) is 39.0 Å². The van der Waals surface area contributed by atoms with Crippen LogP contribution in [0.3, 0.4) is 0 Å². The predicted molar refractivity (Wildman–Crippen MR) is 74.9 cm³/mol. The van der Waals surface area contributed by atoms with Crippen LogP contribution in [0, 0.1) is 5.92 Å². The highest BCUT2D eigenvalue weighted by Gasteiger charge is 2.33. The highest BCUT2D eigenvalue weighted by atomic mass is 16.4. The summed E-state index contributed by atoms with van der Waals surface area (Å²) in [6, 6.07) is 0. The zero-order valence-electron chi connectivity index (χ0n) is 12.2. The monoisotopic (exact) mass is 269 g/mol. The lowest BCUT2D eigenvalue weighted by atomic mass is 9.95. The molecule has 0 bridgehead atoms. The van der Waals surface area contributed by atoms with Gasteiger partial charge in [-0.05, 0) is 32.1 Å². The maximum absolute atomic E-state index is 11.8. The van der Waals surface area contributed by atoms with Crippen LogP contribution < -0.4 is 5.32 Å². The van der Waals surface area contributed by atoms with Crippen molar-refractivity contribution in [2.45, 2.75) is 77.2 Å². The van der Waals surface area contributed by atoms with E-state index in [0.717, 1.165) is 25.2 Å². The van der Waals surface area contributed by atoms with Gasteiger partial charge in [-0.2, -0.15) is 0 Å². The number of hydrogen-bond acceptors (Lipinski definition) is 2. The summed E-state index contributed by atoms with van der Waals surface area (Å²) in [4.78, 5) is 23.1. The second kappa shape index (κ2) is 7.51. The van der Waals surface area contributed by atoms with E-state index >= 15 is 0 Å². The Balaban J connectivity index is 2.29. The number of aliphatic carboxylic acids is 1. The molecule has 1 aliphatic rings. The zero-order valence-corrected chi connectivity index (χ0v) is 12.2. The maximum Gasteiger partial charge on any atom is 0.329 e. The molecule has 0 heterocycles. The average Bonchev–Trinajstić information content (AvgIpc) is 2.82. The van der Waals surface area contributed by atoms with Gasteiger partial charge >= 0.3 is 5.97 Å². The normalized spacial score (nSPS) is 19.1. The van der Waals surface area contributed by atoms with E-state index in [1.807, 2.05) is 6.92 Å². The summed E-state index contributed by atoms with van der Waals surface area (Å²) in [5.74, 6) is -0.288. The van der Waals surface area contributed by atoms with Crippen LogP contribution in [-0.2, 0) is 9.59 Å². The Morgan fingerprint density at radius 3 is 2.47 bits per heavy atom. The van der Waals surface area contributed by atoms with Crippen LogP contribution in [0.5, 0.6) is 0 Å². The van der Waals surface area contributed by atoms with Crippen LogP contribution in [0.4, 0.5) is 0 Å². The van der Waals surface area contributed by atoms with Crippen molar-refractivity contribution < 1.29 is 14.7 Å². The Labute approximate surface area is 116 Å². The van der Waals surface area contributed by atoms with E-state index in [1.165, 1.54) is 25.7 Å². The van der Waals surface area contributed by atoms with E-state index in [9.17, 15) is 14.7 Å². The van der Waals surface area contributed by atoms with Gasteiger partial charge in [-0.3, -0.25) is 4.79 Å². The zero-order chi connectivity index (χ0) is 14.3. The molecule has 1 unspecified atom stereocenters. The van der Waals surface area contributed by atoms with Crippen molar-refractivity contribution in [3.05, 3.63) is 0 Å². The van der Waals surface area contributed by atoms with Gasteiger partial charge in [0.05, 0.1) is 0 Å². The minimum absolute atomic E-state index is 0.128. The van der Waals surface area contributed by atoms with E-state index in [2.05, 4.69) is 5.32 Å². The fourth-order valence-electron chi connectivity index (χ4n) is 2.94. The summed E-state index contributed by atoms with van der Waals surface area (Å²) in [6.45, 7) is 3.52. The molecule has 1 saturated carbocycles. The lowest BCUT2D eigenvalue weighted by molar-refractivity contribution is -0.147. The lowest BCUT2D eigenvalue weighted by Crippen LogP contribution is -2.52. The quantitative estimate of drug-likeness (QED) is 0.711. The van der Waals surface area contributed by atoms with Crippen molar-refractivity contribution in [2.75, 3.05) is 0 Å². The van der Waals surface area contributed by atoms with E-state index in [0.29, 0.717) is 12.8 Å². The number of nitrogens with one attached hydrogen (secondary N) is 1. The van der Waals surface area contributed by atoms with Crippen molar-refractivity contribution in [2.24, 2.45) is 5.92 Å². The first-order valence-corrected chi connectivity index (χ1v) is 7.52. The molecule has 4 nitrogen and oxygen atoms in total. The molecule has 0 aliphatic heterocycles. The van der Waals surface area contributed by atoms with E-state index < -0.39 is 11.5 Å². The van der Waals surface area contributed by atoms with Crippen LogP contribution in [-0.4, -0.2) is 22.5 Å². The molecule has 1 aliphatic carbocycles. The first kappa shape index (κ1) is 16.0. The van der Waals surface area contributed by atoms with Crippen LogP contribution >= 0.6 is 0 Å². The summed E-state index contributed by atoms with van der Waals surface area (Å²) in [7, 11) is 0. The number of carbonyl (C=O) groups excluding carboxylic acids is 1. The van der Waals surface area contributed by atoms with Crippen LogP contribution in [0.1, 0.15) is 71.6 Å². The van der Waals surface area contributed by atoms with E-state index in [4.69, 9.17) is 0 Å². The third-order valence-electron chi connectivity index (χ3n) is 4.13. The highest BCUT2D eigenvalue weighted by molar-refractivity contribution is 5.86. The molecule has 1 amide bonds. The van der Waals surface area contributed by atoms with Gasteiger partial charge in [0.1, 0.15) is 5.54 Å². The average molecular weight is 269 g/mol. The van der Waals surface area contributed by atoms with Crippen molar-refractivity contribution in [1.82, 2.24) is 5.32 Å². The molecule has 19 heavy (non-hydrogen) atoms. The number of hydrogen-bond donors (Lipinski definition) is 2. The van der Waals surface area contributed by atoms with Crippen molar-refractivity contribution in [3.8, 4) is 0 Å². The highest BCUT2D eigenvalue weighted by Crippen LogP contribution is 2.28. The molecule has 0 saturated heterocycles. The molecule has 110 valence electrons. The summed E-state index contributed by atoms with van der Waals surface area (Å²) in [5, 5.41) is 11.9. The Kier molecular flexibility index (Phi) is 6.32. The number of amides is 1. The largest absolute Gasteiger partial charge is 0.480 e. The van der Waals surface area contributed by atoms with Crippen molar-refractivity contribution >= 4 is 11.9 Å². The molecule has 2 N–H and O–H groups in total. The summed E-state index contributed by atoms with van der Waals surface area (Å²) >= 11 is 0. The first-order chi connectivity index (χ1) is 8.98. The van der Waals surface area contributed by atoms with Gasteiger partial charge in [-0.25, -0.2) is 4.79 Å². The topological polar surface area (TPSA) is 66.4 Å². The van der Waals surface area contributed by atoms with Crippen molar-refractivity contribution in [1.29, 1.82) is 0 Å². The predicted octanol–water partition coefficient (Wildman–Crippen LogP) is 3.11. The van der Waals surface area contributed by atoms with E-state index in [-0.39, 0.29) is 5.91 Å². The molecular formula is C15H27NO3. The second-order valence-corrected chi connectivity index (χ2v) is 5.98. The smallest absolute Gasteiger partial charge is 0.329 e. The molecule has 0 aromatic heterocycles. The van der Waals surface area contributed by atoms with Gasteiger partial charge < -0.3 is 10.4 Å². The minimum atomic E-state index is -1.11. The van der Waals surface area contributed by atoms with Gasteiger partial charge in [0.15, 0.2) is 0 Å². The van der Waals surface area contributed by atoms with Crippen LogP contribution in [0.2, 0.25) is 0 Å². The summed E-state index contributed by atoms with van der Waals surface area (Å²) in [5.41, 5.74) is -1.11. The Morgan fingerprint density at radius 1 is 1.32 bits per heavy atom. The van der Waals surface area contributed by atoms with Gasteiger partial charge in [0.25, 0.3) is 0 Å². The minimum Gasteiger partial charge on any atom is -0.480 e. The molecule has 0 aromatic rings. The number of carboxylic acid groups (broad SMARTS) is 1. The van der Waals surface area contributed by atoms with E-state index in [1.54, 1.807) is 6.92 Å². The second-order valence-electron chi connectivity index (χ2n) is 5.98. The maximum atomic E-state index is 11.8. The van der Waals surface area contributed by atoms with Gasteiger partial charge in [0, 0.05) is 6.42 Å². The third-order valence-corrected chi connectivity index (χ3v) is 4.13. The molecule has 1 fully saturated rings. The van der Waals surface area contributed by atoms with Crippen LogP contribution in [0.25, 0.3) is 0 Å². The Bertz CT molecular complexity index is 311. The third kappa shape index (κ3) is 5.21. The molecule has 0 spiro atoms.